The van der Waals surface area contributed by atoms with Crippen molar-refractivity contribution in [3.05, 3.63) is 30.1 Å². The van der Waals surface area contributed by atoms with Crippen molar-refractivity contribution < 1.29 is 4.68 Å². The van der Waals surface area contributed by atoms with Crippen molar-refractivity contribution in [3.63, 3.8) is 0 Å². The number of aromatic nitrogens is 1. The van der Waals surface area contributed by atoms with Crippen molar-refractivity contribution in [2.45, 2.75) is 5.37 Å². The van der Waals surface area contributed by atoms with Crippen LogP contribution in [0.5, 0.6) is 0 Å². The van der Waals surface area contributed by atoms with Gasteiger partial charge in [-0.25, -0.2) is 5.84 Å². The van der Waals surface area contributed by atoms with E-state index in [-0.39, 0.29) is 0 Å². The lowest BCUT2D eigenvalue weighted by molar-refractivity contribution is -0.647. The van der Waals surface area contributed by atoms with Crippen LogP contribution < -0.4 is 15.8 Å². The summed E-state index contributed by atoms with van der Waals surface area (Å²) in [6, 6.07) is 6.00. The molecule has 64 valence electrons. The average Bonchev–Trinajstić information content (AvgIpc) is 2.57. The van der Waals surface area contributed by atoms with Gasteiger partial charge in [-0.1, -0.05) is 4.68 Å². The first-order valence-electron chi connectivity index (χ1n) is 3.98. The Morgan fingerprint density at radius 2 is 2.50 bits per heavy atom. The van der Waals surface area contributed by atoms with Crippen molar-refractivity contribution in [2.75, 3.05) is 18.1 Å². The van der Waals surface area contributed by atoms with Crippen LogP contribution in [-0.2, 0) is 0 Å². The molecule has 2 rings (SSSR count). The molecule has 1 unspecified atom stereocenters. The minimum Gasteiger partial charge on any atom is -0.296 e. The number of nitrogens with zero attached hydrogens (tertiary/aromatic N) is 1. The van der Waals surface area contributed by atoms with Crippen LogP contribution in [0.3, 0.4) is 0 Å². The van der Waals surface area contributed by atoms with E-state index in [1.807, 2.05) is 30.1 Å². The van der Waals surface area contributed by atoms with E-state index < -0.39 is 0 Å². The number of pyridine rings is 1. The molecule has 0 saturated carbocycles. The second-order valence-electron chi connectivity index (χ2n) is 2.74. The summed E-state index contributed by atoms with van der Waals surface area (Å²) >= 11 is 1.90. The lowest BCUT2D eigenvalue weighted by Crippen LogP contribution is -2.49. The molecule has 1 fully saturated rings. The highest BCUT2D eigenvalue weighted by molar-refractivity contribution is 7.99. The maximum atomic E-state index is 5.76. The number of thioether (sulfide) groups is 1. The summed E-state index contributed by atoms with van der Waals surface area (Å²) < 4.78 is 1.68. The summed E-state index contributed by atoms with van der Waals surface area (Å²) in [4.78, 5) is 0. The van der Waals surface area contributed by atoms with Gasteiger partial charge in [0.25, 0.3) is 0 Å². The maximum Gasteiger partial charge on any atom is 0.238 e. The molecule has 3 nitrogen and oxygen atoms in total. The van der Waals surface area contributed by atoms with Gasteiger partial charge in [-0.2, -0.15) is 0 Å². The van der Waals surface area contributed by atoms with E-state index in [0.717, 1.165) is 12.2 Å². The van der Waals surface area contributed by atoms with E-state index in [2.05, 4.69) is 11.4 Å². The molecular weight excluding hydrogens is 170 g/mol. The minimum absolute atomic E-state index is 0.371. The van der Waals surface area contributed by atoms with Crippen molar-refractivity contribution in [3.8, 4) is 0 Å². The fourth-order valence-electron chi connectivity index (χ4n) is 1.31. The predicted octanol–water partition coefficient (Wildman–Crippen LogP) is 0.0229. The highest BCUT2D eigenvalue weighted by atomic mass is 32.2. The first-order chi connectivity index (χ1) is 5.88. The molecule has 1 aromatic rings. The van der Waals surface area contributed by atoms with E-state index in [1.165, 1.54) is 5.75 Å². The predicted molar refractivity (Wildman–Crippen MR) is 50.0 cm³/mol. The first kappa shape index (κ1) is 7.89. The number of nitrogens with two attached hydrogens (primary N) is 1. The number of rotatable bonds is 1. The molecule has 1 aromatic heterocycles. The minimum atomic E-state index is 0.371. The second-order valence-corrected chi connectivity index (χ2v) is 3.95. The highest BCUT2D eigenvalue weighted by Crippen LogP contribution is 2.26. The summed E-state index contributed by atoms with van der Waals surface area (Å²) in [5, 5.41) is 3.75. The molecule has 0 spiro atoms. The SMILES string of the molecule is N[n+]1ccccc1C1NCCS1. The molecule has 12 heavy (non-hydrogen) atoms. The van der Waals surface area contributed by atoms with Crippen LogP contribution >= 0.6 is 11.8 Å². The van der Waals surface area contributed by atoms with Gasteiger partial charge in [0.05, 0.1) is 0 Å². The van der Waals surface area contributed by atoms with Crippen molar-refractivity contribution in [2.24, 2.45) is 0 Å². The third-order valence-electron chi connectivity index (χ3n) is 1.91. The first-order valence-corrected chi connectivity index (χ1v) is 5.03. The smallest absolute Gasteiger partial charge is 0.238 e. The largest absolute Gasteiger partial charge is 0.296 e. The van der Waals surface area contributed by atoms with Crippen LogP contribution in [0.4, 0.5) is 0 Å². The lowest BCUT2D eigenvalue weighted by atomic mass is 10.3. The van der Waals surface area contributed by atoms with E-state index in [9.17, 15) is 0 Å². The molecule has 1 aliphatic heterocycles. The van der Waals surface area contributed by atoms with Crippen molar-refractivity contribution in [1.29, 1.82) is 0 Å². The van der Waals surface area contributed by atoms with E-state index in [4.69, 9.17) is 5.84 Å². The monoisotopic (exact) mass is 182 g/mol. The number of nitrogen functional groups attached to an aromatic ring is 1. The summed E-state index contributed by atoms with van der Waals surface area (Å²) in [7, 11) is 0. The van der Waals surface area contributed by atoms with Crippen LogP contribution in [0.15, 0.2) is 24.4 Å². The lowest BCUT2D eigenvalue weighted by Gasteiger charge is -2.04. The van der Waals surface area contributed by atoms with Gasteiger partial charge < -0.3 is 0 Å². The van der Waals surface area contributed by atoms with Crippen LogP contribution in [-0.4, -0.2) is 12.3 Å². The highest BCUT2D eigenvalue weighted by Gasteiger charge is 2.24. The standard InChI is InChI=1S/C8H12N3S/c9-11-5-2-1-3-7(11)8-10-4-6-12-8/h1-3,5,8,10H,4,6,9H2/q+1. The Morgan fingerprint density at radius 1 is 1.58 bits per heavy atom. The van der Waals surface area contributed by atoms with Gasteiger partial charge in [-0.15, -0.1) is 11.8 Å². The van der Waals surface area contributed by atoms with Gasteiger partial charge in [0.2, 0.25) is 5.69 Å². The van der Waals surface area contributed by atoms with Gasteiger partial charge >= 0.3 is 0 Å². The third-order valence-corrected chi connectivity index (χ3v) is 3.09. The Kier molecular flexibility index (Phi) is 2.19. The summed E-state index contributed by atoms with van der Waals surface area (Å²) in [6.45, 7) is 1.07. The van der Waals surface area contributed by atoms with Gasteiger partial charge in [0.15, 0.2) is 6.20 Å². The Hall–Kier alpha value is -0.740. The van der Waals surface area contributed by atoms with Gasteiger partial charge in [-0.05, 0) is 6.07 Å². The van der Waals surface area contributed by atoms with Crippen LogP contribution in [0.25, 0.3) is 0 Å². The van der Waals surface area contributed by atoms with Gasteiger partial charge in [0, 0.05) is 24.4 Å². The molecule has 4 heteroatoms. The van der Waals surface area contributed by atoms with E-state index in [0.29, 0.717) is 5.37 Å². The summed E-state index contributed by atoms with van der Waals surface area (Å²) in [5.74, 6) is 6.93. The Bertz CT molecular complexity index is 271. The number of nitrogens with one attached hydrogen (secondary N) is 1. The molecule has 0 aliphatic carbocycles. The number of hydrogen-bond acceptors (Lipinski definition) is 3. The quantitative estimate of drug-likeness (QED) is 0.475. The second kappa shape index (κ2) is 3.33. The molecule has 1 atom stereocenters. The van der Waals surface area contributed by atoms with Crippen LogP contribution in [0.2, 0.25) is 0 Å². The zero-order valence-corrected chi connectivity index (χ0v) is 7.55. The van der Waals surface area contributed by atoms with Gasteiger partial charge in [0.1, 0.15) is 5.37 Å². The molecular formula is C8H12N3S+. The Morgan fingerprint density at radius 3 is 3.17 bits per heavy atom. The molecule has 0 amide bonds. The third kappa shape index (κ3) is 1.40. The topological polar surface area (TPSA) is 41.9 Å². The van der Waals surface area contributed by atoms with E-state index >= 15 is 0 Å². The normalized spacial score (nSPS) is 22.8. The van der Waals surface area contributed by atoms with Crippen molar-refractivity contribution in [1.82, 2.24) is 5.32 Å². The molecule has 1 aliphatic rings. The number of hydrogen-bond donors (Lipinski definition) is 2. The fourth-order valence-corrected chi connectivity index (χ4v) is 2.39. The van der Waals surface area contributed by atoms with E-state index in [1.54, 1.807) is 4.68 Å². The summed E-state index contributed by atoms with van der Waals surface area (Å²) in [5.41, 5.74) is 1.14. The summed E-state index contributed by atoms with van der Waals surface area (Å²) in [6.07, 6.45) is 1.87. The van der Waals surface area contributed by atoms with Crippen LogP contribution in [0, 0.1) is 0 Å². The Labute approximate surface area is 75.9 Å². The molecule has 0 aromatic carbocycles. The average molecular weight is 182 g/mol. The Balaban J connectivity index is 2.26. The fraction of sp³-hybridized carbons (Fsp3) is 0.375. The maximum absolute atomic E-state index is 5.76. The van der Waals surface area contributed by atoms with Crippen LogP contribution in [0.1, 0.15) is 11.1 Å². The molecule has 1 saturated heterocycles. The zero-order chi connectivity index (χ0) is 8.39. The molecule has 2 heterocycles. The molecule has 0 bridgehead atoms. The molecule has 0 radical (unpaired) electrons. The van der Waals surface area contributed by atoms with Gasteiger partial charge in [-0.3, -0.25) is 5.32 Å². The molecule has 3 N–H and O–H groups in total. The van der Waals surface area contributed by atoms with Crippen molar-refractivity contribution >= 4 is 11.8 Å². The zero-order valence-electron chi connectivity index (χ0n) is 6.73.